The zero-order valence-electron chi connectivity index (χ0n) is 12.0. The summed E-state index contributed by atoms with van der Waals surface area (Å²) < 4.78 is 54.6. The first-order chi connectivity index (χ1) is 11.3. The van der Waals surface area contributed by atoms with E-state index in [0.717, 1.165) is 12.1 Å². The second-order valence-corrected chi connectivity index (χ2v) is 5.53. The number of carbonyl (C=O) groups is 1. The van der Waals surface area contributed by atoms with E-state index in [1.165, 1.54) is 24.4 Å². The van der Waals surface area contributed by atoms with E-state index in [1.807, 2.05) is 0 Å². The van der Waals surface area contributed by atoms with E-state index in [0.29, 0.717) is 0 Å². The molecule has 0 radical (unpaired) electrons. The lowest BCUT2D eigenvalue weighted by molar-refractivity contribution is -0.154. The third-order valence-corrected chi connectivity index (χ3v) is 3.49. The number of rotatable bonds is 5. The summed E-state index contributed by atoms with van der Waals surface area (Å²) in [6, 6.07) is 6.55. The molecule has 4 nitrogen and oxygen atoms in total. The molecule has 9 heteroatoms. The lowest BCUT2D eigenvalue weighted by atomic mass is 10.2. The molecule has 1 aromatic carbocycles. The molecule has 0 atom stereocenters. The van der Waals surface area contributed by atoms with Gasteiger partial charge in [0.05, 0.1) is 5.56 Å². The Morgan fingerprint density at radius 2 is 2.04 bits per heavy atom. The lowest BCUT2D eigenvalue weighted by Crippen LogP contribution is -2.25. The topological polar surface area (TPSA) is 51.2 Å². The molecule has 0 aliphatic carbocycles. The van der Waals surface area contributed by atoms with Crippen LogP contribution in [-0.2, 0) is 6.54 Å². The molecule has 1 heterocycles. The molecule has 2 aromatic rings. The number of carbonyl (C=O) groups excluding carboxylic acids is 1. The van der Waals surface area contributed by atoms with Gasteiger partial charge < -0.3 is 10.1 Å². The minimum atomic E-state index is -4.49. The van der Waals surface area contributed by atoms with Crippen LogP contribution < -0.4 is 10.1 Å². The van der Waals surface area contributed by atoms with E-state index in [2.05, 4.69) is 31.0 Å². The Morgan fingerprint density at radius 1 is 1.29 bits per heavy atom. The Labute approximate surface area is 143 Å². The number of aromatic nitrogens is 1. The van der Waals surface area contributed by atoms with E-state index in [1.54, 1.807) is 0 Å². The number of hydrogen-bond acceptors (Lipinski definition) is 3. The number of alkyl halides is 3. The average molecular weight is 407 g/mol. The van der Waals surface area contributed by atoms with Crippen molar-refractivity contribution in [1.82, 2.24) is 10.3 Å². The largest absolute Gasteiger partial charge is 0.468 e. The molecule has 0 aliphatic heterocycles. The van der Waals surface area contributed by atoms with Gasteiger partial charge in [0, 0.05) is 22.8 Å². The van der Waals surface area contributed by atoms with E-state index in [9.17, 15) is 22.4 Å². The number of pyridine rings is 1. The van der Waals surface area contributed by atoms with Gasteiger partial charge in [-0.25, -0.2) is 9.37 Å². The molecule has 1 amide bonds. The molecule has 0 saturated heterocycles. The summed E-state index contributed by atoms with van der Waals surface area (Å²) in [5.74, 6) is -1.24. The average Bonchev–Trinajstić information content (AvgIpc) is 2.50. The maximum atomic E-state index is 13.0. The van der Waals surface area contributed by atoms with Crippen LogP contribution in [0.15, 0.2) is 41.0 Å². The summed E-state index contributed by atoms with van der Waals surface area (Å²) in [6.07, 6.45) is -3.20. The Morgan fingerprint density at radius 3 is 2.71 bits per heavy atom. The van der Waals surface area contributed by atoms with Crippen LogP contribution in [0.1, 0.15) is 15.9 Å². The molecule has 0 aliphatic rings. The number of nitrogens with zero attached hydrogens (tertiary/aromatic N) is 1. The second-order valence-electron chi connectivity index (χ2n) is 4.68. The summed E-state index contributed by atoms with van der Waals surface area (Å²) in [5.41, 5.74) is 0.478. The summed E-state index contributed by atoms with van der Waals surface area (Å²) in [5, 5.41) is 2.52. The van der Waals surface area contributed by atoms with Gasteiger partial charge in [0.15, 0.2) is 6.61 Å². The highest BCUT2D eigenvalue weighted by atomic mass is 79.9. The third kappa shape index (κ3) is 5.19. The highest BCUT2D eigenvalue weighted by Crippen LogP contribution is 2.21. The van der Waals surface area contributed by atoms with Crippen molar-refractivity contribution in [3.63, 3.8) is 0 Å². The maximum Gasteiger partial charge on any atom is 0.422 e. The molecule has 24 heavy (non-hydrogen) atoms. The molecule has 0 fully saturated rings. The monoisotopic (exact) mass is 406 g/mol. The number of ether oxygens (including phenoxy) is 1. The van der Waals surface area contributed by atoms with Crippen LogP contribution in [0.5, 0.6) is 5.88 Å². The molecular formula is C15H11BrF4N2O2. The van der Waals surface area contributed by atoms with E-state index in [-0.39, 0.29) is 28.0 Å². The van der Waals surface area contributed by atoms with Gasteiger partial charge in [-0.1, -0.05) is 6.07 Å². The Hall–Kier alpha value is -2.16. The highest BCUT2D eigenvalue weighted by molar-refractivity contribution is 9.10. The number of benzene rings is 1. The Kier molecular flexibility index (Phi) is 5.76. The summed E-state index contributed by atoms with van der Waals surface area (Å²) in [6.45, 7) is -1.57. The summed E-state index contributed by atoms with van der Waals surface area (Å²) in [7, 11) is 0. The van der Waals surface area contributed by atoms with Gasteiger partial charge in [0.25, 0.3) is 5.91 Å². The van der Waals surface area contributed by atoms with Gasteiger partial charge >= 0.3 is 6.18 Å². The van der Waals surface area contributed by atoms with Crippen molar-refractivity contribution in [2.75, 3.05) is 6.61 Å². The fourth-order valence-electron chi connectivity index (χ4n) is 1.78. The first-order valence-corrected chi connectivity index (χ1v) is 7.42. The number of amides is 1. The minimum Gasteiger partial charge on any atom is -0.468 e. The van der Waals surface area contributed by atoms with Gasteiger partial charge in [-0.05, 0) is 40.2 Å². The number of hydrogen-bond donors (Lipinski definition) is 1. The van der Waals surface area contributed by atoms with E-state index < -0.39 is 24.5 Å². The predicted octanol–water partition coefficient (Wildman–Crippen LogP) is 3.85. The van der Waals surface area contributed by atoms with Crippen molar-refractivity contribution < 1.29 is 27.1 Å². The molecular weight excluding hydrogens is 396 g/mol. The SMILES string of the molecule is O=C(NCc1cccnc1OCC(F)(F)F)c1ccc(F)cc1Br. The summed E-state index contributed by atoms with van der Waals surface area (Å²) in [4.78, 5) is 15.8. The van der Waals surface area contributed by atoms with Gasteiger partial charge in [-0.3, -0.25) is 4.79 Å². The van der Waals surface area contributed by atoms with E-state index in [4.69, 9.17) is 0 Å². The van der Waals surface area contributed by atoms with Crippen LogP contribution >= 0.6 is 15.9 Å². The third-order valence-electron chi connectivity index (χ3n) is 2.84. The molecule has 0 saturated carbocycles. The van der Waals surface area contributed by atoms with Crippen LogP contribution in [0, 0.1) is 5.82 Å². The van der Waals surface area contributed by atoms with Crippen molar-refractivity contribution in [3.8, 4) is 5.88 Å². The minimum absolute atomic E-state index is 0.0936. The van der Waals surface area contributed by atoms with Crippen LogP contribution in [0.4, 0.5) is 17.6 Å². The van der Waals surface area contributed by atoms with Crippen LogP contribution in [-0.4, -0.2) is 23.7 Å². The Bertz CT molecular complexity index is 738. The van der Waals surface area contributed by atoms with Crippen molar-refractivity contribution in [2.45, 2.75) is 12.7 Å². The zero-order chi connectivity index (χ0) is 17.7. The lowest BCUT2D eigenvalue weighted by Gasteiger charge is -2.12. The number of halogens is 5. The van der Waals surface area contributed by atoms with Crippen LogP contribution in [0.2, 0.25) is 0 Å². The molecule has 0 bridgehead atoms. The Balaban J connectivity index is 2.05. The first-order valence-electron chi connectivity index (χ1n) is 6.63. The first kappa shape index (κ1) is 18.2. The van der Waals surface area contributed by atoms with Crippen molar-refractivity contribution >= 4 is 21.8 Å². The maximum absolute atomic E-state index is 13.0. The van der Waals surface area contributed by atoms with Gasteiger partial charge in [-0.15, -0.1) is 0 Å². The zero-order valence-corrected chi connectivity index (χ0v) is 13.6. The fourth-order valence-corrected chi connectivity index (χ4v) is 2.31. The van der Waals surface area contributed by atoms with Gasteiger partial charge in [-0.2, -0.15) is 13.2 Å². The molecule has 0 spiro atoms. The molecule has 1 aromatic heterocycles. The standard InChI is InChI=1S/C15H11BrF4N2O2/c16-12-6-10(17)3-4-11(12)13(23)22-7-9-2-1-5-21-14(9)24-8-15(18,19)20/h1-6H,7-8H2,(H,22,23). The van der Waals surface area contributed by atoms with E-state index >= 15 is 0 Å². The van der Waals surface area contributed by atoms with Gasteiger partial charge in [0.1, 0.15) is 5.82 Å². The van der Waals surface area contributed by atoms with Crippen molar-refractivity contribution in [2.24, 2.45) is 0 Å². The van der Waals surface area contributed by atoms with Gasteiger partial charge in [0.2, 0.25) is 5.88 Å². The molecule has 0 unspecified atom stereocenters. The van der Waals surface area contributed by atoms with Crippen LogP contribution in [0.25, 0.3) is 0 Å². The quantitative estimate of drug-likeness (QED) is 0.767. The fraction of sp³-hybridized carbons (Fsp3) is 0.200. The molecule has 1 N–H and O–H groups in total. The number of nitrogens with one attached hydrogen (secondary N) is 1. The summed E-state index contributed by atoms with van der Waals surface area (Å²) >= 11 is 3.07. The molecule has 2 rings (SSSR count). The van der Waals surface area contributed by atoms with Crippen LogP contribution in [0.3, 0.4) is 0 Å². The predicted molar refractivity (Wildman–Crippen MR) is 81.1 cm³/mol. The van der Waals surface area contributed by atoms with Crippen molar-refractivity contribution in [3.05, 3.63) is 57.9 Å². The van der Waals surface area contributed by atoms with Crippen molar-refractivity contribution in [1.29, 1.82) is 0 Å². The molecule has 128 valence electrons. The smallest absolute Gasteiger partial charge is 0.422 e. The highest BCUT2D eigenvalue weighted by Gasteiger charge is 2.29. The normalized spacial score (nSPS) is 11.2. The second kappa shape index (κ2) is 7.61.